The Morgan fingerprint density at radius 3 is 2.62 bits per heavy atom. The van der Waals surface area contributed by atoms with Gasteiger partial charge in [0.25, 0.3) is 0 Å². The zero-order valence-electron chi connectivity index (χ0n) is 5.68. The van der Waals surface area contributed by atoms with E-state index in [2.05, 4.69) is 13.8 Å². The molecule has 0 amide bonds. The summed E-state index contributed by atoms with van der Waals surface area (Å²) in [4.78, 5) is 0. The lowest BCUT2D eigenvalue weighted by Gasteiger charge is -2.09. The molecule has 1 heterocycles. The second-order valence-corrected chi connectivity index (χ2v) is 2.58. The smallest absolute Gasteiger partial charge is 0.0598 e. The van der Waals surface area contributed by atoms with E-state index in [1.165, 1.54) is 12.8 Å². The third-order valence-electron chi connectivity index (χ3n) is 1.94. The molecule has 0 spiro atoms. The van der Waals surface area contributed by atoms with Crippen LogP contribution in [-0.4, -0.2) is 12.7 Å². The molecule has 1 nitrogen and oxygen atoms in total. The first-order valence-electron chi connectivity index (χ1n) is 3.46. The minimum atomic E-state index is 0.565. The van der Waals surface area contributed by atoms with Gasteiger partial charge in [0.1, 0.15) is 0 Å². The molecule has 1 rings (SSSR count). The van der Waals surface area contributed by atoms with Crippen LogP contribution in [0.1, 0.15) is 26.7 Å². The molecule has 0 bridgehead atoms. The van der Waals surface area contributed by atoms with Crippen LogP contribution >= 0.6 is 0 Å². The van der Waals surface area contributed by atoms with Gasteiger partial charge in [-0.3, -0.25) is 0 Å². The number of rotatable bonds is 1. The third kappa shape index (κ3) is 1.03. The molecule has 0 radical (unpaired) electrons. The molecule has 0 aliphatic carbocycles. The first-order valence-corrected chi connectivity index (χ1v) is 3.46. The molecule has 0 aromatic rings. The summed E-state index contributed by atoms with van der Waals surface area (Å²) in [6.45, 7) is 5.44. The standard InChI is InChI=1S/C7H14O/c1-3-7-6(2)4-5-8-7/h6-7H,3-5H2,1-2H3/t6-,7+/m1/s1. The van der Waals surface area contributed by atoms with Gasteiger partial charge in [-0.1, -0.05) is 13.8 Å². The average Bonchev–Trinajstić information content (AvgIpc) is 2.14. The zero-order chi connectivity index (χ0) is 5.98. The van der Waals surface area contributed by atoms with E-state index < -0.39 is 0 Å². The van der Waals surface area contributed by atoms with Gasteiger partial charge in [-0.25, -0.2) is 0 Å². The summed E-state index contributed by atoms with van der Waals surface area (Å²) in [7, 11) is 0. The van der Waals surface area contributed by atoms with Gasteiger partial charge >= 0.3 is 0 Å². The lowest BCUT2D eigenvalue weighted by molar-refractivity contribution is 0.0912. The van der Waals surface area contributed by atoms with Crippen LogP contribution in [0.25, 0.3) is 0 Å². The van der Waals surface area contributed by atoms with Gasteiger partial charge in [-0.15, -0.1) is 0 Å². The summed E-state index contributed by atoms with van der Waals surface area (Å²) in [6, 6.07) is 0. The van der Waals surface area contributed by atoms with Gasteiger partial charge in [0, 0.05) is 6.61 Å². The van der Waals surface area contributed by atoms with E-state index in [0.29, 0.717) is 6.10 Å². The van der Waals surface area contributed by atoms with Gasteiger partial charge in [0.05, 0.1) is 6.10 Å². The van der Waals surface area contributed by atoms with Crippen molar-refractivity contribution in [2.24, 2.45) is 5.92 Å². The Hall–Kier alpha value is -0.0400. The van der Waals surface area contributed by atoms with Crippen molar-refractivity contribution in [2.45, 2.75) is 32.8 Å². The van der Waals surface area contributed by atoms with Crippen molar-refractivity contribution >= 4 is 0 Å². The summed E-state index contributed by atoms with van der Waals surface area (Å²) < 4.78 is 5.41. The molecule has 48 valence electrons. The Labute approximate surface area is 51.0 Å². The molecule has 2 atom stereocenters. The minimum absolute atomic E-state index is 0.565. The molecule has 1 heteroatoms. The molecule has 1 saturated heterocycles. The van der Waals surface area contributed by atoms with E-state index in [1.54, 1.807) is 0 Å². The zero-order valence-corrected chi connectivity index (χ0v) is 5.68. The molecule has 1 aliphatic rings. The van der Waals surface area contributed by atoms with E-state index in [4.69, 9.17) is 4.74 Å². The molecule has 0 saturated carbocycles. The van der Waals surface area contributed by atoms with Crippen molar-refractivity contribution in [3.8, 4) is 0 Å². The van der Waals surface area contributed by atoms with Crippen LogP contribution in [0.3, 0.4) is 0 Å². The topological polar surface area (TPSA) is 9.23 Å². The summed E-state index contributed by atoms with van der Waals surface area (Å²) >= 11 is 0. The SMILES string of the molecule is CC[C@@H]1OCC[C@H]1C. The Morgan fingerprint density at radius 1 is 1.62 bits per heavy atom. The predicted molar refractivity (Wildman–Crippen MR) is 33.8 cm³/mol. The number of hydrogen-bond donors (Lipinski definition) is 0. The van der Waals surface area contributed by atoms with Gasteiger partial charge < -0.3 is 4.74 Å². The predicted octanol–water partition coefficient (Wildman–Crippen LogP) is 1.82. The average molecular weight is 114 g/mol. The van der Waals surface area contributed by atoms with Crippen molar-refractivity contribution in [3.63, 3.8) is 0 Å². The first kappa shape index (κ1) is 6.09. The van der Waals surface area contributed by atoms with Gasteiger partial charge in [0.2, 0.25) is 0 Å². The van der Waals surface area contributed by atoms with Crippen molar-refractivity contribution in [3.05, 3.63) is 0 Å². The number of hydrogen-bond acceptors (Lipinski definition) is 1. The fourth-order valence-corrected chi connectivity index (χ4v) is 1.28. The maximum atomic E-state index is 5.41. The van der Waals surface area contributed by atoms with E-state index in [9.17, 15) is 0 Å². The van der Waals surface area contributed by atoms with Crippen LogP contribution in [0.15, 0.2) is 0 Å². The monoisotopic (exact) mass is 114 g/mol. The summed E-state index contributed by atoms with van der Waals surface area (Å²) in [5, 5.41) is 0. The first-order chi connectivity index (χ1) is 3.84. The van der Waals surface area contributed by atoms with Gasteiger partial charge in [-0.05, 0) is 18.8 Å². The van der Waals surface area contributed by atoms with E-state index in [-0.39, 0.29) is 0 Å². The van der Waals surface area contributed by atoms with Crippen LogP contribution < -0.4 is 0 Å². The van der Waals surface area contributed by atoms with E-state index in [0.717, 1.165) is 12.5 Å². The number of ether oxygens (including phenoxy) is 1. The normalized spacial score (nSPS) is 38.2. The molecule has 0 aromatic carbocycles. The van der Waals surface area contributed by atoms with Crippen molar-refractivity contribution in [1.29, 1.82) is 0 Å². The second kappa shape index (κ2) is 2.49. The van der Waals surface area contributed by atoms with Gasteiger partial charge in [-0.2, -0.15) is 0 Å². The largest absolute Gasteiger partial charge is 0.378 e. The highest BCUT2D eigenvalue weighted by molar-refractivity contribution is 4.70. The summed E-state index contributed by atoms with van der Waals surface area (Å²) in [5.41, 5.74) is 0. The Kier molecular flexibility index (Phi) is 1.90. The summed E-state index contributed by atoms with van der Waals surface area (Å²) in [5.74, 6) is 0.806. The van der Waals surface area contributed by atoms with E-state index in [1.807, 2.05) is 0 Å². The van der Waals surface area contributed by atoms with Crippen molar-refractivity contribution in [2.75, 3.05) is 6.61 Å². The fraction of sp³-hybridized carbons (Fsp3) is 1.00. The maximum absolute atomic E-state index is 5.41. The molecular weight excluding hydrogens is 100 g/mol. The quantitative estimate of drug-likeness (QED) is 0.505. The Balaban J connectivity index is 2.30. The van der Waals surface area contributed by atoms with Crippen molar-refractivity contribution < 1.29 is 4.74 Å². The fourth-order valence-electron chi connectivity index (χ4n) is 1.28. The second-order valence-electron chi connectivity index (χ2n) is 2.58. The van der Waals surface area contributed by atoms with Crippen LogP contribution in [0.5, 0.6) is 0 Å². The minimum Gasteiger partial charge on any atom is -0.378 e. The molecule has 0 aromatic heterocycles. The lowest BCUT2D eigenvalue weighted by Crippen LogP contribution is -2.10. The molecular formula is C7H14O. The van der Waals surface area contributed by atoms with Crippen molar-refractivity contribution in [1.82, 2.24) is 0 Å². The summed E-state index contributed by atoms with van der Waals surface area (Å²) in [6.07, 6.45) is 3.01. The van der Waals surface area contributed by atoms with Crippen LogP contribution in [-0.2, 0) is 4.74 Å². The molecule has 8 heavy (non-hydrogen) atoms. The molecule has 1 aliphatic heterocycles. The Morgan fingerprint density at radius 2 is 2.38 bits per heavy atom. The molecule has 0 unspecified atom stereocenters. The molecule has 0 N–H and O–H groups in total. The lowest BCUT2D eigenvalue weighted by atomic mass is 10.0. The van der Waals surface area contributed by atoms with Crippen LogP contribution in [0.2, 0.25) is 0 Å². The van der Waals surface area contributed by atoms with E-state index >= 15 is 0 Å². The Bertz CT molecular complexity index is 70.8. The molecule has 1 fully saturated rings. The van der Waals surface area contributed by atoms with Gasteiger partial charge in [0.15, 0.2) is 0 Å². The third-order valence-corrected chi connectivity index (χ3v) is 1.94. The van der Waals surface area contributed by atoms with Crippen LogP contribution in [0, 0.1) is 5.92 Å². The highest BCUT2D eigenvalue weighted by Crippen LogP contribution is 2.21. The highest BCUT2D eigenvalue weighted by atomic mass is 16.5. The maximum Gasteiger partial charge on any atom is 0.0598 e. The van der Waals surface area contributed by atoms with Crippen LogP contribution in [0.4, 0.5) is 0 Å². The highest BCUT2D eigenvalue weighted by Gasteiger charge is 2.21.